The minimum Gasteiger partial charge on any atom is -0.352 e. The minimum atomic E-state index is -0.126. The Bertz CT molecular complexity index is 280. The maximum Gasteiger partial charge on any atom is 0.160 e. The molecular weight excluding hydrogens is 219 g/mol. The van der Waals surface area contributed by atoms with Crippen LogP contribution in [0.25, 0.3) is 0 Å². The van der Waals surface area contributed by atoms with E-state index in [9.17, 15) is 4.39 Å². The van der Waals surface area contributed by atoms with Gasteiger partial charge in [-0.2, -0.15) is 0 Å². The highest BCUT2D eigenvalue weighted by Crippen LogP contribution is 2.31. The average molecular weight is 240 g/mol. The maximum atomic E-state index is 12.9. The second-order valence-corrected chi connectivity index (χ2v) is 4.95. The van der Waals surface area contributed by atoms with Gasteiger partial charge in [0.1, 0.15) is 0 Å². The third kappa shape index (κ3) is 3.65. The average Bonchev–Trinajstić information content (AvgIpc) is 2.38. The zero-order chi connectivity index (χ0) is 12.1. The SMILES string of the molecule is C=CCC[C@H]1CO[C@H](C2CC=C(F)CC2)OC1. The van der Waals surface area contributed by atoms with Gasteiger partial charge >= 0.3 is 0 Å². The summed E-state index contributed by atoms with van der Waals surface area (Å²) in [5, 5.41) is 0. The lowest BCUT2D eigenvalue weighted by Crippen LogP contribution is -2.37. The van der Waals surface area contributed by atoms with Gasteiger partial charge in [0.25, 0.3) is 0 Å². The molecule has 1 aliphatic carbocycles. The number of rotatable bonds is 4. The van der Waals surface area contributed by atoms with Gasteiger partial charge < -0.3 is 9.47 Å². The summed E-state index contributed by atoms with van der Waals surface area (Å²) in [6, 6.07) is 0. The van der Waals surface area contributed by atoms with Crippen molar-refractivity contribution in [2.45, 2.75) is 38.4 Å². The first-order valence-electron chi connectivity index (χ1n) is 6.48. The highest BCUT2D eigenvalue weighted by atomic mass is 19.1. The van der Waals surface area contributed by atoms with Gasteiger partial charge in [0.15, 0.2) is 6.29 Å². The van der Waals surface area contributed by atoms with Gasteiger partial charge in [0.05, 0.1) is 19.0 Å². The molecule has 2 rings (SSSR count). The van der Waals surface area contributed by atoms with E-state index in [1.807, 2.05) is 6.08 Å². The fourth-order valence-electron chi connectivity index (χ4n) is 2.42. The van der Waals surface area contributed by atoms with Crippen LogP contribution in [-0.2, 0) is 9.47 Å². The molecule has 0 aromatic rings. The predicted octanol–water partition coefficient (Wildman–Crippen LogP) is 3.60. The smallest absolute Gasteiger partial charge is 0.160 e. The molecule has 0 radical (unpaired) electrons. The van der Waals surface area contributed by atoms with E-state index in [-0.39, 0.29) is 12.1 Å². The van der Waals surface area contributed by atoms with E-state index >= 15 is 0 Å². The number of hydrogen-bond acceptors (Lipinski definition) is 2. The van der Waals surface area contributed by atoms with Crippen LogP contribution in [0, 0.1) is 11.8 Å². The largest absolute Gasteiger partial charge is 0.352 e. The molecule has 1 heterocycles. The fourth-order valence-corrected chi connectivity index (χ4v) is 2.42. The Morgan fingerprint density at radius 2 is 2.18 bits per heavy atom. The van der Waals surface area contributed by atoms with Crippen molar-refractivity contribution < 1.29 is 13.9 Å². The molecule has 0 aromatic carbocycles. The summed E-state index contributed by atoms with van der Waals surface area (Å²) in [5.74, 6) is 0.830. The molecule has 0 N–H and O–H groups in total. The molecule has 1 aliphatic heterocycles. The summed E-state index contributed by atoms with van der Waals surface area (Å²) in [7, 11) is 0. The highest BCUT2D eigenvalue weighted by molar-refractivity contribution is 4.98. The number of allylic oxidation sites excluding steroid dienone is 3. The lowest BCUT2D eigenvalue weighted by molar-refractivity contribution is -0.226. The van der Waals surface area contributed by atoms with Crippen LogP contribution in [0.15, 0.2) is 24.6 Å². The van der Waals surface area contributed by atoms with E-state index in [1.165, 1.54) is 0 Å². The zero-order valence-electron chi connectivity index (χ0n) is 10.2. The topological polar surface area (TPSA) is 18.5 Å². The molecule has 1 saturated heterocycles. The quantitative estimate of drug-likeness (QED) is 0.699. The lowest BCUT2D eigenvalue weighted by Gasteiger charge is -2.34. The number of hydrogen-bond donors (Lipinski definition) is 0. The number of halogens is 1. The summed E-state index contributed by atoms with van der Waals surface area (Å²) < 4.78 is 24.4. The first-order valence-corrected chi connectivity index (χ1v) is 6.48. The fraction of sp³-hybridized carbons (Fsp3) is 0.714. The molecule has 0 spiro atoms. The molecule has 0 aromatic heterocycles. The Morgan fingerprint density at radius 3 is 2.76 bits per heavy atom. The predicted molar refractivity (Wildman–Crippen MR) is 65.1 cm³/mol. The van der Waals surface area contributed by atoms with Crippen molar-refractivity contribution in [1.82, 2.24) is 0 Å². The van der Waals surface area contributed by atoms with Crippen LogP contribution in [0.1, 0.15) is 32.1 Å². The van der Waals surface area contributed by atoms with Crippen LogP contribution < -0.4 is 0 Å². The normalized spacial score (nSPS) is 34.2. The molecule has 0 saturated carbocycles. The van der Waals surface area contributed by atoms with Gasteiger partial charge in [-0.3, -0.25) is 0 Å². The molecule has 1 unspecified atom stereocenters. The third-order valence-corrected chi connectivity index (χ3v) is 3.55. The van der Waals surface area contributed by atoms with Gasteiger partial charge in [-0.1, -0.05) is 12.2 Å². The van der Waals surface area contributed by atoms with Crippen molar-refractivity contribution in [3.05, 3.63) is 24.6 Å². The molecule has 96 valence electrons. The lowest BCUT2D eigenvalue weighted by atomic mass is 9.92. The molecule has 2 aliphatic rings. The van der Waals surface area contributed by atoms with E-state index in [0.29, 0.717) is 18.3 Å². The number of ether oxygens (including phenoxy) is 2. The Hall–Kier alpha value is -0.670. The summed E-state index contributed by atoms with van der Waals surface area (Å²) in [6.07, 6.45) is 7.69. The van der Waals surface area contributed by atoms with Crippen molar-refractivity contribution in [3.8, 4) is 0 Å². The van der Waals surface area contributed by atoms with E-state index < -0.39 is 0 Å². The zero-order valence-corrected chi connectivity index (χ0v) is 10.2. The molecule has 2 nitrogen and oxygen atoms in total. The molecule has 17 heavy (non-hydrogen) atoms. The second-order valence-electron chi connectivity index (χ2n) is 4.95. The molecule has 3 heteroatoms. The van der Waals surface area contributed by atoms with Crippen LogP contribution in [0.3, 0.4) is 0 Å². The minimum absolute atomic E-state index is 0.0147. The van der Waals surface area contributed by atoms with Crippen molar-refractivity contribution >= 4 is 0 Å². The van der Waals surface area contributed by atoms with Crippen LogP contribution in [-0.4, -0.2) is 19.5 Å². The highest BCUT2D eigenvalue weighted by Gasteiger charge is 2.29. The third-order valence-electron chi connectivity index (χ3n) is 3.55. The monoisotopic (exact) mass is 240 g/mol. The van der Waals surface area contributed by atoms with Crippen LogP contribution in [0.5, 0.6) is 0 Å². The first kappa shape index (κ1) is 12.8. The molecule has 0 bridgehead atoms. The van der Waals surface area contributed by atoms with Crippen molar-refractivity contribution in [2.75, 3.05) is 13.2 Å². The van der Waals surface area contributed by atoms with Crippen LogP contribution >= 0.6 is 0 Å². The van der Waals surface area contributed by atoms with E-state index in [4.69, 9.17) is 9.47 Å². The van der Waals surface area contributed by atoms with Crippen molar-refractivity contribution in [1.29, 1.82) is 0 Å². The van der Waals surface area contributed by atoms with Gasteiger partial charge in [0, 0.05) is 11.8 Å². The van der Waals surface area contributed by atoms with Crippen molar-refractivity contribution in [3.63, 3.8) is 0 Å². The Labute approximate surface area is 102 Å². The van der Waals surface area contributed by atoms with Gasteiger partial charge in [0.2, 0.25) is 0 Å². The standard InChI is InChI=1S/C14H21FO2/c1-2-3-4-11-9-16-14(17-10-11)12-5-7-13(15)8-6-12/h2,7,11-12,14H,1,3-6,8-10H2/t11-,12?,14-. The second kappa shape index (κ2) is 6.31. The van der Waals surface area contributed by atoms with Crippen molar-refractivity contribution in [2.24, 2.45) is 11.8 Å². The van der Waals surface area contributed by atoms with Gasteiger partial charge in [-0.15, -0.1) is 6.58 Å². The van der Waals surface area contributed by atoms with Crippen LogP contribution in [0.4, 0.5) is 4.39 Å². The maximum absolute atomic E-state index is 12.9. The summed E-state index contributed by atoms with van der Waals surface area (Å²) in [4.78, 5) is 0. The Kier molecular flexibility index (Phi) is 4.75. The van der Waals surface area contributed by atoms with E-state index in [2.05, 4.69) is 6.58 Å². The summed E-state index contributed by atoms with van der Waals surface area (Å²) in [5.41, 5.74) is 0. The van der Waals surface area contributed by atoms with Crippen LogP contribution in [0.2, 0.25) is 0 Å². The first-order chi connectivity index (χ1) is 8.29. The molecular formula is C14H21FO2. The van der Waals surface area contributed by atoms with Gasteiger partial charge in [-0.25, -0.2) is 4.39 Å². The molecule has 1 fully saturated rings. The Balaban J connectivity index is 1.73. The van der Waals surface area contributed by atoms with E-state index in [0.717, 1.165) is 38.9 Å². The summed E-state index contributed by atoms with van der Waals surface area (Å²) >= 11 is 0. The Morgan fingerprint density at radius 1 is 1.41 bits per heavy atom. The van der Waals surface area contributed by atoms with Gasteiger partial charge in [-0.05, 0) is 32.1 Å². The summed E-state index contributed by atoms with van der Waals surface area (Å²) in [6.45, 7) is 5.25. The van der Waals surface area contributed by atoms with E-state index in [1.54, 1.807) is 6.08 Å². The molecule has 1 atom stereocenters. The molecule has 0 amide bonds.